The van der Waals surface area contributed by atoms with E-state index in [2.05, 4.69) is 20.9 Å². The number of amides is 4. The molecular formula is C40H33N5O6S. The summed E-state index contributed by atoms with van der Waals surface area (Å²) in [6.45, 7) is 0. The second-order valence-electron chi connectivity index (χ2n) is 11.4. The van der Waals surface area contributed by atoms with Crippen LogP contribution in [0.1, 0.15) is 22.3 Å². The van der Waals surface area contributed by atoms with Gasteiger partial charge in [-0.3, -0.25) is 19.2 Å². The first-order valence-electron chi connectivity index (χ1n) is 16.1. The second kappa shape index (κ2) is 16.5. The standard InChI is InChI=1S/C40H33N5O6S/c1-50-32-20-13-27(35(24-32)51-2)23-34(42-38(47)26-9-5-3-6-10-26)39(48)41-28-16-21-33(22-17-28)52-36-25-37(46)45(40(36)49)31-18-14-30(15-19-31)44-43-29-11-7-4-8-12-29/h3-24,36H,25H2,1-2H3,(H,41,48)(H,42,47)/b34-23-,44-43?. The Bertz CT molecular complexity index is 2140. The summed E-state index contributed by atoms with van der Waals surface area (Å²) in [5.74, 6) is -0.627. The highest BCUT2D eigenvalue weighted by molar-refractivity contribution is 8.00. The minimum absolute atomic E-state index is 0.0155. The number of hydrogen-bond donors (Lipinski definition) is 2. The van der Waals surface area contributed by atoms with Crippen LogP contribution in [0.4, 0.5) is 22.7 Å². The van der Waals surface area contributed by atoms with Gasteiger partial charge in [-0.05, 0) is 91.0 Å². The number of imide groups is 1. The molecule has 0 bridgehead atoms. The average Bonchev–Trinajstić information content (AvgIpc) is 3.46. The van der Waals surface area contributed by atoms with E-state index < -0.39 is 17.1 Å². The fourth-order valence-electron chi connectivity index (χ4n) is 5.26. The lowest BCUT2D eigenvalue weighted by molar-refractivity contribution is -0.121. The van der Waals surface area contributed by atoms with E-state index in [1.54, 1.807) is 97.1 Å². The van der Waals surface area contributed by atoms with Crippen molar-refractivity contribution in [2.45, 2.75) is 16.6 Å². The summed E-state index contributed by atoms with van der Waals surface area (Å²) in [5, 5.41) is 13.3. The number of hydrogen-bond acceptors (Lipinski definition) is 9. The van der Waals surface area contributed by atoms with Crippen molar-refractivity contribution in [1.82, 2.24) is 5.32 Å². The summed E-state index contributed by atoms with van der Waals surface area (Å²) in [5.41, 5.74) is 3.13. The van der Waals surface area contributed by atoms with Gasteiger partial charge in [-0.1, -0.05) is 36.4 Å². The first-order valence-corrected chi connectivity index (χ1v) is 17.0. The van der Waals surface area contributed by atoms with Gasteiger partial charge in [0.2, 0.25) is 11.8 Å². The molecule has 1 atom stereocenters. The molecule has 5 aromatic rings. The van der Waals surface area contributed by atoms with Crippen LogP contribution in [0.15, 0.2) is 148 Å². The zero-order chi connectivity index (χ0) is 36.5. The van der Waals surface area contributed by atoms with Crippen LogP contribution >= 0.6 is 11.8 Å². The molecule has 0 radical (unpaired) electrons. The third-order valence-corrected chi connectivity index (χ3v) is 9.11. The highest BCUT2D eigenvalue weighted by Gasteiger charge is 2.40. The molecule has 1 aliphatic rings. The molecule has 1 aliphatic heterocycles. The number of nitrogens with zero attached hydrogens (tertiary/aromatic N) is 3. The number of ether oxygens (including phenoxy) is 2. The fraction of sp³-hybridized carbons (Fsp3) is 0.100. The molecule has 1 unspecified atom stereocenters. The van der Waals surface area contributed by atoms with Gasteiger partial charge in [-0.25, -0.2) is 4.90 Å². The SMILES string of the molecule is COc1ccc(/C=C(\NC(=O)c2ccccc2)C(=O)Nc2ccc(SC3CC(=O)N(c4ccc(N=Nc5ccccc5)cc4)C3=O)cc2)c(OC)c1. The summed E-state index contributed by atoms with van der Waals surface area (Å²) >= 11 is 1.27. The molecule has 0 spiro atoms. The van der Waals surface area contributed by atoms with Crippen molar-refractivity contribution >= 4 is 64.2 Å². The summed E-state index contributed by atoms with van der Waals surface area (Å²) in [6.07, 6.45) is 1.57. The first-order chi connectivity index (χ1) is 25.3. The zero-order valence-corrected chi connectivity index (χ0v) is 29.0. The summed E-state index contributed by atoms with van der Waals surface area (Å²) < 4.78 is 10.8. The van der Waals surface area contributed by atoms with Gasteiger partial charge in [0.25, 0.3) is 11.8 Å². The van der Waals surface area contributed by atoms with E-state index in [4.69, 9.17) is 9.47 Å². The van der Waals surface area contributed by atoms with Gasteiger partial charge in [0, 0.05) is 34.2 Å². The van der Waals surface area contributed by atoms with Crippen molar-refractivity contribution in [3.8, 4) is 11.5 Å². The van der Waals surface area contributed by atoms with Crippen molar-refractivity contribution in [1.29, 1.82) is 0 Å². The van der Waals surface area contributed by atoms with Gasteiger partial charge in [-0.15, -0.1) is 11.8 Å². The molecule has 0 aliphatic carbocycles. The Balaban J connectivity index is 1.12. The Morgan fingerprint density at radius 2 is 1.44 bits per heavy atom. The third-order valence-electron chi connectivity index (χ3n) is 7.91. The minimum atomic E-state index is -0.618. The number of azo groups is 1. The molecule has 12 heteroatoms. The topological polar surface area (TPSA) is 139 Å². The number of nitrogens with one attached hydrogen (secondary N) is 2. The van der Waals surface area contributed by atoms with Gasteiger partial charge >= 0.3 is 0 Å². The Morgan fingerprint density at radius 1 is 0.788 bits per heavy atom. The molecule has 11 nitrogen and oxygen atoms in total. The van der Waals surface area contributed by atoms with E-state index in [1.807, 2.05) is 30.3 Å². The van der Waals surface area contributed by atoms with Crippen LogP contribution in [0.3, 0.4) is 0 Å². The molecule has 1 saturated heterocycles. The van der Waals surface area contributed by atoms with E-state index >= 15 is 0 Å². The molecule has 5 aromatic carbocycles. The van der Waals surface area contributed by atoms with Crippen molar-refractivity contribution < 1.29 is 28.7 Å². The summed E-state index contributed by atoms with van der Waals surface area (Å²) in [4.78, 5) is 54.9. The van der Waals surface area contributed by atoms with Gasteiger partial charge in [0.15, 0.2) is 0 Å². The number of thioether (sulfide) groups is 1. The van der Waals surface area contributed by atoms with E-state index in [0.717, 1.165) is 4.90 Å². The van der Waals surface area contributed by atoms with E-state index in [-0.39, 0.29) is 23.9 Å². The van der Waals surface area contributed by atoms with Crippen molar-refractivity contribution in [3.63, 3.8) is 0 Å². The molecule has 1 fully saturated rings. The smallest absolute Gasteiger partial charge is 0.272 e. The molecule has 6 rings (SSSR count). The van der Waals surface area contributed by atoms with Gasteiger partial charge < -0.3 is 20.1 Å². The fourth-order valence-corrected chi connectivity index (χ4v) is 6.31. The van der Waals surface area contributed by atoms with Crippen LogP contribution in [-0.4, -0.2) is 43.1 Å². The van der Waals surface area contributed by atoms with E-state index in [9.17, 15) is 19.2 Å². The Labute approximate surface area is 304 Å². The van der Waals surface area contributed by atoms with Crippen LogP contribution in [-0.2, 0) is 14.4 Å². The third kappa shape index (κ3) is 8.60. The lowest BCUT2D eigenvalue weighted by Crippen LogP contribution is -2.31. The number of rotatable bonds is 12. The predicted octanol–water partition coefficient (Wildman–Crippen LogP) is 7.95. The molecule has 260 valence electrons. The summed E-state index contributed by atoms with van der Waals surface area (Å²) in [6, 6.07) is 36.6. The lowest BCUT2D eigenvalue weighted by atomic mass is 10.1. The van der Waals surface area contributed by atoms with Crippen molar-refractivity contribution in [2.24, 2.45) is 10.2 Å². The van der Waals surface area contributed by atoms with Crippen molar-refractivity contribution in [3.05, 3.63) is 144 Å². The molecule has 1 heterocycles. The predicted molar refractivity (Wildman–Crippen MR) is 200 cm³/mol. The van der Waals surface area contributed by atoms with Crippen LogP contribution in [0.25, 0.3) is 6.08 Å². The number of carbonyl (C=O) groups is 4. The molecule has 0 saturated carbocycles. The number of carbonyl (C=O) groups excluding carboxylic acids is 4. The second-order valence-corrected chi connectivity index (χ2v) is 12.7. The molecule has 2 N–H and O–H groups in total. The quantitative estimate of drug-likeness (QED) is 0.0761. The van der Waals surface area contributed by atoms with Gasteiger partial charge in [0.05, 0.1) is 36.5 Å². The van der Waals surface area contributed by atoms with Crippen LogP contribution < -0.4 is 25.0 Å². The highest BCUT2D eigenvalue weighted by Crippen LogP contribution is 2.35. The Kier molecular flexibility index (Phi) is 11.2. The van der Waals surface area contributed by atoms with Gasteiger partial charge in [0.1, 0.15) is 17.2 Å². The highest BCUT2D eigenvalue weighted by atomic mass is 32.2. The molecule has 0 aromatic heterocycles. The van der Waals surface area contributed by atoms with E-state index in [1.165, 1.54) is 37.0 Å². The molecule has 52 heavy (non-hydrogen) atoms. The monoisotopic (exact) mass is 711 g/mol. The Morgan fingerprint density at radius 3 is 2.10 bits per heavy atom. The zero-order valence-electron chi connectivity index (χ0n) is 28.2. The maximum absolute atomic E-state index is 13.6. The van der Waals surface area contributed by atoms with Crippen LogP contribution in [0, 0.1) is 0 Å². The summed E-state index contributed by atoms with van der Waals surface area (Å²) in [7, 11) is 3.04. The van der Waals surface area contributed by atoms with E-state index in [0.29, 0.717) is 45.4 Å². The molecule has 4 amide bonds. The first kappa shape index (κ1) is 35.3. The van der Waals surface area contributed by atoms with Gasteiger partial charge in [-0.2, -0.15) is 10.2 Å². The normalized spacial score (nSPS) is 14.4. The largest absolute Gasteiger partial charge is 0.497 e. The lowest BCUT2D eigenvalue weighted by Gasteiger charge is -2.15. The van der Waals surface area contributed by atoms with Crippen LogP contribution in [0.5, 0.6) is 11.5 Å². The molecular weight excluding hydrogens is 679 g/mol. The number of methoxy groups -OCH3 is 2. The number of anilines is 2. The maximum atomic E-state index is 13.6. The maximum Gasteiger partial charge on any atom is 0.272 e. The number of benzene rings is 5. The van der Waals surface area contributed by atoms with Crippen molar-refractivity contribution in [2.75, 3.05) is 24.4 Å². The Hall–Kier alpha value is -6.53. The minimum Gasteiger partial charge on any atom is -0.497 e. The average molecular weight is 712 g/mol. The van der Waals surface area contributed by atoms with Crippen LogP contribution in [0.2, 0.25) is 0 Å².